The van der Waals surface area contributed by atoms with Crippen LogP contribution in [0.15, 0.2) is 22.8 Å². The van der Waals surface area contributed by atoms with Crippen molar-refractivity contribution in [3.63, 3.8) is 0 Å². The molecule has 0 saturated carbocycles. The van der Waals surface area contributed by atoms with E-state index in [1.165, 1.54) is 38.9 Å². The zero-order valence-electron chi connectivity index (χ0n) is 12.6. The topological polar surface area (TPSA) is 31.6 Å². The van der Waals surface area contributed by atoms with Gasteiger partial charge < -0.3 is 19.5 Å². The summed E-state index contributed by atoms with van der Waals surface area (Å²) in [6, 6.07) is 4.81. The largest absolute Gasteiger partial charge is 0.468 e. The average Bonchev–Trinajstić information content (AvgIpc) is 2.97. The van der Waals surface area contributed by atoms with Crippen molar-refractivity contribution in [2.24, 2.45) is 5.92 Å². The van der Waals surface area contributed by atoms with E-state index in [2.05, 4.69) is 22.2 Å². The summed E-state index contributed by atoms with van der Waals surface area (Å²) in [4.78, 5) is 5.22. The van der Waals surface area contributed by atoms with Crippen molar-refractivity contribution < 1.29 is 4.42 Å². The minimum atomic E-state index is 0.843. The van der Waals surface area contributed by atoms with Gasteiger partial charge in [0.25, 0.3) is 0 Å². The van der Waals surface area contributed by atoms with Crippen LogP contribution in [0.3, 0.4) is 0 Å². The molecular formula is C16H27N3O. The molecule has 0 aromatic carbocycles. The van der Waals surface area contributed by atoms with E-state index in [-0.39, 0.29) is 0 Å². The van der Waals surface area contributed by atoms with Gasteiger partial charge in [0.2, 0.25) is 0 Å². The highest BCUT2D eigenvalue weighted by Crippen LogP contribution is 2.29. The maximum Gasteiger partial charge on any atom is 0.117 e. The van der Waals surface area contributed by atoms with E-state index in [9.17, 15) is 0 Å². The first kappa shape index (κ1) is 14.1. The van der Waals surface area contributed by atoms with Crippen LogP contribution in [0.5, 0.6) is 0 Å². The molecule has 20 heavy (non-hydrogen) atoms. The number of hydrogen-bond acceptors (Lipinski definition) is 4. The van der Waals surface area contributed by atoms with Gasteiger partial charge in [-0.3, -0.25) is 0 Å². The molecule has 2 atom stereocenters. The number of fused-ring (bicyclic) bond motifs is 1. The van der Waals surface area contributed by atoms with Crippen LogP contribution in [0.4, 0.5) is 0 Å². The molecule has 1 aromatic rings. The van der Waals surface area contributed by atoms with Gasteiger partial charge >= 0.3 is 0 Å². The first-order chi connectivity index (χ1) is 9.83. The molecule has 0 amide bonds. The second kappa shape index (κ2) is 6.74. The summed E-state index contributed by atoms with van der Waals surface area (Å²) in [5, 5.41) is 3.47. The molecule has 2 aliphatic heterocycles. The lowest BCUT2D eigenvalue weighted by Crippen LogP contribution is -2.53. The fourth-order valence-electron chi connectivity index (χ4n) is 3.79. The van der Waals surface area contributed by atoms with Crippen molar-refractivity contribution in [1.82, 2.24) is 15.1 Å². The number of rotatable bonds is 5. The maximum absolute atomic E-state index is 5.33. The molecule has 0 spiro atoms. The van der Waals surface area contributed by atoms with Gasteiger partial charge in [-0.2, -0.15) is 0 Å². The molecule has 0 bridgehead atoms. The Kier molecular flexibility index (Phi) is 4.76. The number of nitrogens with zero attached hydrogens (tertiary/aromatic N) is 2. The molecule has 2 aliphatic rings. The normalized spacial score (nSPS) is 28.4. The number of furan rings is 1. The fourth-order valence-corrected chi connectivity index (χ4v) is 3.79. The lowest BCUT2D eigenvalue weighted by Gasteiger charge is -2.46. The van der Waals surface area contributed by atoms with Gasteiger partial charge in [0.15, 0.2) is 0 Å². The second-order valence-corrected chi connectivity index (χ2v) is 6.30. The Morgan fingerprint density at radius 3 is 3.15 bits per heavy atom. The minimum absolute atomic E-state index is 0.843. The van der Waals surface area contributed by atoms with Gasteiger partial charge in [-0.25, -0.2) is 0 Å². The molecule has 2 unspecified atom stereocenters. The van der Waals surface area contributed by atoms with Gasteiger partial charge in [0.05, 0.1) is 12.8 Å². The van der Waals surface area contributed by atoms with Crippen LogP contribution in [0.2, 0.25) is 0 Å². The van der Waals surface area contributed by atoms with Gasteiger partial charge in [-0.05, 0) is 57.5 Å². The Bertz CT molecular complexity index is 392. The van der Waals surface area contributed by atoms with E-state index in [0.717, 1.165) is 37.4 Å². The Balaban J connectivity index is 1.37. The lowest BCUT2D eigenvalue weighted by molar-refractivity contribution is 0.0390. The van der Waals surface area contributed by atoms with Crippen LogP contribution in [-0.2, 0) is 6.54 Å². The summed E-state index contributed by atoms with van der Waals surface area (Å²) >= 11 is 0. The predicted molar refractivity (Wildman–Crippen MR) is 80.6 cm³/mol. The lowest BCUT2D eigenvalue weighted by atomic mass is 9.84. The Hall–Kier alpha value is -0.840. The first-order valence-corrected chi connectivity index (χ1v) is 7.98. The third kappa shape index (κ3) is 3.43. The molecule has 1 N–H and O–H groups in total. The fraction of sp³-hybridized carbons (Fsp3) is 0.750. The molecule has 3 rings (SSSR count). The Morgan fingerprint density at radius 1 is 1.35 bits per heavy atom. The van der Waals surface area contributed by atoms with Crippen molar-refractivity contribution >= 4 is 0 Å². The number of likely N-dealkylation sites (tertiary alicyclic amines) is 2. The van der Waals surface area contributed by atoms with Crippen LogP contribution in [-0.4, -0.2) is 55.6 Å². The number of hydrogen-bond donors (Lipinski definition) is 1. The summed E-state index contributed by atoms with van der Waals surface area (Å²) in [6.45, 7) is 6.90. The van der Waals surface area contributed by atoms with E-state index in [4.69, 9.17) is 4.42 Å². The smallest absolute Gasteiger partial charge is 0.117 e. The summed E-state index contributed by atoms with van der Waals surface area (Å²) in [6.07, 6.45) is 5.88. The summed E-state index contributed by atoms with van der Waals surface area (Å²) in [5.41, 5.74) is 0. The molecule has 4 nitrogen and oxygen atoms in total. The molecule has 4 heteroatoms. The maximum atomic E-state index is 5.33. The summed E-state index contributed by atoms with van der Waals surface area (Å²) in [5.74, 6) is 1.92. The van der Waals surface area contributed by atoms with Crippen LogP contribution < -0.4 is 5.32 Å². The highest BCUT2D eigenvalue weighted by Gasteiger charge is 2.33. The molecule has 1 aromatic heterocycles. The quantitative estimate of drug-likeness (QED) is 0.832. The zero-order chi connectivity index (χ0) is 13.8. The number of piperidine rings is 2. The van der Waals surface area contributed by atoms with E-state index in [0.29, 0.717) is 0 Å². The molecular weight excluding hydrogens is 250 g/mol. The van der Waals surface area contributed by atoms with Gasteiger partial charge in [0, 0.05) is 25.7 Å². The third-order valence-corrected chi connectivity index (χ3v) is 4.91. The van der Waals surface area contributed by atoms with Gasteiger partial charge in [0.1, 0.15) is 5.76 Å². The molecule has 3 heterocycles. The SMILES string of the molecule is CN1CCCC2CN(CCNCc3ccco3)CCC21. The van der Waals surface area contributed by atoms with E-state index in [1.807, 2.05) is 12.1 Å². The number of nitrogens with one attached hydrogen (secondary N) is 1. The molecule has 0 radical (unpaired) electrons. The molecule has 2 fully saturated rings. The van der Waals surface area contributed by atoms with E-state index in [1.54, 1.807) is 6.26 Å². The van der Waals surface area contributed by atoms with E-state index < -0.39 is 0 Å². The van der Waals surface area contributed by atoms with Crippen LogP contribution in [0.1, 0.15) is 25.0 Å². The van der Waals surface area contributed by atoms with Crippen molar-refractivity contribution in [2.45, 2.75) is 31.8 Å². The van der Waals surface area contributed by atoms with Crippen molar-refractivity contribution in [3.8, 4) is 0 Å². The highest BCUT2D eigenvalue weighted by atomic mass is 16.3. The van der Waals surface area contributed by atoms with Crippen molar-refractivity contribution in [2.75, 3.05) is 39.8 Å². The summed E-state index contributed by atoms with van der Waals surface area (Å²) < 4.78 is 5.33. The Labute approximate surface area is 122 Å². The van der Waals surface area contributed by atoms with Crippen molar-refractivity contribution in [3.05, 3.63) is 24.2 Å². The van der Waals surface area contributed by atoms with Gasteiger partial charge in [-0.15, -0.1) is 0 Å². The summed E-state index contributed by atoms with van der Waals surface area (Å²) in [7, 11) is 2.30. The molecule has 2 saturated heterocycles. The average molecular weight is 277 g/mol. The zero-order valence-corrected chi connectivity index (χ0v) is 12.6. The third-order valence-electron chi connectivity index (χ3n) is 4.91. The monoisotopic (exact) mass is 277 g/mol. The van der Waals surface area contributed by atoms with Gasteiger partial charge in [-0.1, -0.05) is 0 Å². The van der Waals surface area contributed by atoms with Crippen LogP contribution >= 0.6 is 0 Å². The molecule has 112 valence electrons. The molecule has 0 aliphatic carbocycles. The van der Waals surface area contributed by atoms with Crippen molar-refractivity contribution in [1.29, 1.82) is 0 Å². The minimum Gasteiger partial charge on any atom is -0.468 e. The van der Waals surface area contributed by atoms with Crippen LogP contribution in [0, 0.1) is 5.92 Å². The highest BCUT2D eigenvalue weighted by molar-refractivity contribution is 4.97. The van der Waals surface area contributed by atoms with E-state index >= 15 is 0 Å². The second-order valence-electron chi connectivity index (χ2n) is 6.30. The first-order valence-electron chi connectivity index (χ1n) is 7.98. The standard InChI is InChI=1S/C16H27N3O/c1-18-8-2-4-14-13-19(9-6-16(14)18)10-7-17-12-15-5-3-11-20-15/h3,5,11,14,16-17H,2,4,6-10,12-13H2,1H3. The Morgan fingerprint density at radius 2 is 2.30 bits per heavy atom. The predicted octanol–water partition coefficient (Wildman–Crippen LogP) is 1.79. The van der Waals surface area contributed by atoms with Crippen LogP contribution in [0.25, 0.3) is 0 Å².